The van der Waals surface area contributed by atoms with Crippen molar-refractivity contribution in [3.05, 3.63) is 0 Å². The summed E-state index contributed by atoms with van der Waals surface area (Å²) in [4.78, 5) is 13.2. The van der Waals surface area contributed by atoms with E-state index in [1.807, 2.05) is 5.16 Å². The second-order valence-corrected chi connectivity index (χ2v) is 1.57. The lowest BCUT2D eigenvalue weighted by atomic mass is 10.8. The van der Waals surface area contributed by atoms with Crippen molar-refractivity contribution in [3.63, 3.8) is 0 Å². The van der Waals surface area contributed by atoms with E-state index in [1.165, 1.54) is 0 Å². The molecule has 3 nitrogen and oxygen atoms in total. The number of nitrogens with zero attached hydrogens (tertiary/aromatic N) is 1. The van der Waals surface area contributed by atoms with Gasteiger partial charge in [-0.15, -0.1) is 16.6 Å². The van der Waals surface area contributed by atoms with Gasteiger partial charge in [-0.05, 0) is 12.2 Å². The van der Waals surface area contributed by atoms with E-state index in [4.69, 9.17) is 11.6 Å². The fourth-order valence-electron chi connectivity index (χ4n) is 0.195. The van der Waals surface area contributed by atoms with Crippen LogP contribution in [0.3, 0.4) is 0 Å². The molecule has 1 amide bonds. The highest BCUT2D eigenvalue weighted by molar-refractivity contribution is 7.78. The number of hydrogen-bond acceptors (Lipinski definition) is 3. The van der Waals surface area contributed by atoms with E-state index in [-0.39, 0.29) is 12.5 Å². The maximum absolute atomic E-state index is 10.2. The molecular formula is C4H4ClNO2S. The van der Waals surface area contributed by atoms with Crippen molar-refractivity contribution in [3.8, 4) is 0 Å². The van der Waals surface area contributed by atoms with E-state index in [0.29, 0.717) is 0 Å². The zero-order valence-electron chi connectivity index (χ0n) is 4.46. The Morgan fingerprint density at radius 3 is 3.00 bits per heavy atom. The lowest BCUT2D eigenvalue weighted by Gasteiger charge is -1.92. The van der Waals surface area contributed by atoms with Crippen molar-refractivity contribution in [1.82, 2.24) is 0 Å². The Kier molecular flexibility index (Phi) is 5.41. The molecule has 0 saturated carbocycles. The maximum Gasteiger partial charge on any atom is 0.442 e. The Morgan fingerprint density at radius 2 is 2.56 bits per heavy atom. The van der Waals surface area contributed by atoms with Gasteiger partial charge in [0, 0.05) is 0 Å². The van der Waals surface area contributed by atoms with Crippen LogP contribution in [0.2, 0.25) is 0 Å². The fourth-order valence-corrected chi connectivity index (χ4v) is 0.347. The summed E-state index contributed by atoms with van der Waals surface area (Å²) in [6.07, 6.45) is -0.745. The van der Waals surface area contributed by atoms with Gasteiger partial charge in [0.2, 0.25) is 0 Å². The molecule has 9 heavy (non-hydrogen) atoms. The fraction of sp³-hybridized carbons (Fsp3) is 0.500. The van der Waals surface area contributed by atoms with Gasteiger partial charge in [0.05, 0.1) is 11.0 Å². The minimum atomic E-state index is -0.745. The second kappa shape index (κ2) is 5.69. The van der Waals surface area contributed by atoms with Crippen LogP contribution in [0.25, 0.3) is 0 Å². The average Bonchev–Trinajstić information content (AvgIpc) is 1.85. The van der Waals surface area contributed by atoms with Crippen LogP contribution in [0.4, 0.5) is 4.79 Å². The SMILES string of the molecule is O=C(N=C=S)OCCCl. The van der Waals surface area contributed by atoms with Crippen LogP contribution in [0.15, 0.2) is 4.99 Å². The Bertz CT molecular complexity index is 144. The number of hydrogen-bond donors (Lipinski definition) is 0. The zero-order valence-corrected chi connectivity index (χ0v) is 6.04. The minimum absolute atomic E-state index is 0.154. The van der Waals surface area contributed by atoms with E-state index in [1.54, 1.807) is 0 Å². The maximum atomic E-state index is 10.2. The van der Waals surface area contributed by atoms with E-state index in [9.17, 15) is 4.79 Å². The molecule has 50 valence electrons. The predicted molar refractivity (Wildman–Crippen MR) is 37.1 cm³/mol. The third kappa shape index (κ3) is 5.43. The number of aliphatic imine (C=N–C) groups is 1. The molecule has 0 N–H and O–H groups in total. The van der Waals surface area contributed by atoms with Crippen molar-refractivity contribution in [2.24, 2.45) is 4.99 Å². The Morgan fingerprint density at radius 1 is 1.89 bits per heavy atom. The molecular weight excluding hydrogens is 162 g/mol. The number of carbonyl (C=O) groups excluding carboxylic acids is 1. The number of thiocarbonyl (C=S) groups is 1. The van der Waals surface area contributed by atoms with Gasteiger partial charge < -0.3 is 4.74 Å². The first kappa shape index (κ1) is 8.56. The third-order valence-corrected chi connectivity index (χ3v) is 0.685. The number of rotatable bonds is 2. The Balaban J connectivity index is 3.39. The van der Waals surface area contributed by atoms with Gasteiger partial charge >= 0.3 is 6.09 Å². The molecule has 0 heterocycles. The van der Waals surface area contributed by atoms with E-state index >= 15 is 0 Å². The van der Waals surface area contributed by atoms with E-state index in [2.05, 4.69) is 21.9 Å². The molecule has 0 fully saturated rings. The van der Waals surface area contributed by atoms with Gasteiger partial charge in [-0.2, -0.15) is 0 Å². The second-order valence-electron chi connectivity index (χ2n) is 1.01. The van der Waals surface area contributed by atoms with Crippen LogP contribution in [0.5, 0.6) is 0 Å². The molecule has 0 aromatic rings. The molecule has 0 saturated heterocycles. The number of amides is 1. The van der Waals surface area contributed by atoms with Gasteiger partial charge in [0.1, 0.15) is 6.61 Å². The number of alkyl halides is 1. The molecule has 0 aromatic heterocycles. The molecule has 0 aromatic carbocycles. The smallest absolute Gasteiger partial charge is 0.442 e. The summed E-state index contributed by atoms with van der Waals surface area (Å²) in [5.41, 5.74) is 0. The summed E-state index contributed by atoms with van der Waals surface area (Å²) < 4.78 is 4.36. The van der Waals surface area contributed by atoms with E-state index in [0.717, 1.165) is 0 Å². The molecule has 0 unspecified atom stereocenters. The Hall–Kier alpha value is -0.440. The Labute approximate surface area is 62.7 Å². The third-order valence-electron chi connectivity index (χ3n) is 0.440. The number of carbonyl (C=O) groups is 1. The number of halogens is 1. The lowest BCUT2D eigenvalue weighted by Crippen LogP contribution is -2.00. The summed E-state index contributed by atoms with van der Waals surface area (Å²) in [5, 5.41) is 1.87. The minimum Gasteiger partial charge on any atom is -0.446 e. The number of isothiocyanates is 1. The number of ether oxygens (including phenoxy) is 1. The molecule has 0 aliphatic carbocycles. The van der Waals surface area contributed by atoms with Gasteiger partial charge in [0.15, 0.2) is 0 Å². The van der Waals surface area contributed by atoms with Crippen LogP contribution in [0.1, 0.15) is 0 Å². The lowest BCUT2D eigenvalue weighted by molar-refractivity contribution is 0.164. The molecule has 0 bridgehead atoms. The quantitative estimate of drug-likeness (QED) is 0.353. The molecule has 0 atom stereocenters. The summed E-state index contributed by atoms with van der Waals surface area (Å²) >= 11 is 9.31. The molecule has 5 heteroatoms. The molecule has 0 spiro atoms. The molecule has 0 aliphatic rings. The van der Waals surface area contributed by atoms with Crippen LogP contribution in [-0.2, 0) is 4.74 Å². The van der Waals surface area contributed by atoms with Gasteiger partial charge in [-0.1, -0.05) is 0 Å². The van der Waals surface area contributed by atoms with Crippen molar-refractivity contribution in [2.75, 3.05) is 12.5 Å². The topological polar surface area (TPSA) is 38.7 Å². The molecule has 0 radical (unpaired) electrons. The summed E-state index contributed by atoms with van der Waals surface area (Å²) in [7, 11) is 0. The molecule has 0 aliphatic heterocycles. The van der Waals surface area contributed by atoms with Gasteiger partial charge in [0.25, 0.3) is 0 Å². The van der Waals surface area contributed by atoms with Crippen LogP contribution >= 0.6 is 23.8 Å². The normalized spacial score (nSPS) is 7.67. The molecule has 0 rings (SSSR count). The highest BCUT2D eigenvalue weighted by atomic mass is 35.5. The standard InChI is InChI=1S/C4H4ClNO2S/c5-1-2-8-4(7)6-3-9/h1-2H2. The van der Waals surface area contributed by atoms with Crippen molar-refractivity contribution < 1.29 is 9.53 Å². The van der Waals surface area contributed by atoms with Crippen molar-refractivity contribution in [2.45, 2.75) is 0 Å². The van der Waals surface area contributed by atoms with Gasteiger partial charge in [-0.25, -0.2) is 4.79 Å². The zero-order chi connectivity index (χ0) is 7.11. The predicted octanol–water partition coefficient (Wildman–Crippen LogP) is 1.46. The van der Waals surface area contributed by atoms with Crippen LogP contribution in [0, 0.1) is 0 Å². The summed E-state index contributed by atoms with van der Waals surface area (Å²) in [6, 6.07) is 0. The summed E-state index contributed by atoms with van der Waals surface area (Å²) in [5.74, 6) is 0.263. The van der Waals surface area contributed by atoms with Crippen LogP contribution in [-0.4, -0.2) is 23.7 Å². The van der Waals surface area contributed by atoms with Crippen molar-refractivity contribution >= 4 is 35.1 Å². The van der Waals surface area contributed by atoms with Gasteiger partial charge in [-0.3, -0.25) is 0 Å². The largest absolute Gasteiger partial charge is 0.446 e. The average molecular weight is 166 g/mol. The first-order valence-electron chi connectivity index (χ1n) is 2.12. The van der Waals surface area contributed by atoms with E-state index < -0.39 is 6.09 Å². The summed E-state index contributed by atoms with van der Waals surface area (Å²) in [6.45, 7) is 0.154. The van der Waals surface area contributed by atoms with Crippen molar-refractivity contribution in [1.29, 1.82) is 0 Å². The highest BCUT2D eigenvalue weighted by Gasteiger charge is 1.93. The first-order chi connectivity index (χ1) is 4.31. The van der Waals surface area contributed by atoms with Crippen LogP contribution < -0.4 is 0 Å². The highest BCUT2D eigenvalue weighted by Crippen LogP contribution is 1.83. The monoisotopic (exact) mass is 165 g/mol. The first-order valence-corrected chi connectivity index (χ1v) is 3.06.